The molecule has 1 amide bonds. The highest BCUT2D eigenvalue weighted by Crippen LogP contribution is 2.29. The van der Waals surface area contributed by atoms with E-state index in [0.717, 1.165) is 11.1 Å². The lowest BCUT2D eigenvalue weighted by Gasteiger charge is -2.11. The van der Waals surface area contributed by atoms with Gasteiger partial charge in [0, 0.05) is 12.1 Å². The molecule has 0 aliphatic rings. The van der Waals surface area contributed by atoms with Crippen molar-refractivity contribution in [2.75, 3.05) is 19.0 Å². The topological polar surface area (TPSA) is 90.7 Å². The van der Waals surface area contributed by atoms with Gasteiger partial charge < -0.3 is 14.8 Å². The first-order chi connectivity index (χ1) is 13.6. The van der Waals surface area contributed by atoms with Crippen LogP contribution in [0.1, 0.15) is 0 Å². The summed E-state index contributed by atoms with van der Waals surface area (Å²) in [5.41, 5.74) is 2.20. The summed E-state index contributed by atoms with van der Waals surface area (Å²) in [6.07, 6.45) is 0. The van der Waals surface area contributed by atoms with E-state index >= 15 is 0 Å². The number of methoxy groups -OCH3 is 1. The van der Waals surface area contributed by atoms with Gasteiger partial charge >= 0.3 is 0 Å². The van der Waals surface area contributed by atoms with Crippen molar-refractivity contribution < 1.29 is 19.2 Å². The summed E-state index contributed by atoms with van der Waals surface area (Å²) in [4.78, 5) is 22.5. The maximum absolute atomic E-state index is 12.2. The number of amides is 1. The largest absolute Gasteiger partial charge is 0.495 e. The number of nitrogens with zero attached hydrogens (tertiary/aromatic N) is 1. The van der Waals surface area contributed by atoms with Crippen molar-refractivity contribution in [2.45, 2.75) is 0 Å². The predicted molar refractivity (Wildman–Crippen MR) is 106 cm³/mol. The van der Waals surface area contributed by atoms with Gasteiger partial charge in [0.05, 0.1) is 17.7 Å². The quantitative estimate of drug-likeness (QED) is 0.489. The van der Waals surface area contributed by atoms with Crippen LogP contribution in [0.5, 0.6) is 11.5 Å². The first-order valence-corrected chi connectivity index (χ1v) is 8.47. The van der Waals surface area contributed by atoms with E-state index in [2.05, 4.69) is 5.32 Å². The van der Waals surface area contributed by atoms with E-state index in [4.69, 9.17) is 9.47 Å². The lowest BCUT2D eigenvalue weighted by molar-refractivity contribution is -0.384. The zero-order valence-corrected chi connectivity index (χ0v) is 15.1. The molecule has 0 bridgehead atoms. The first kappa shape index (κ1) is 18.9. The molecule has 28 heavy (non-hydrogen) atoms. The van der Waals surface area contributed by atoms with E-state index in [0.29, 0.717) is 11.5 Å². The molecular weight excluding hydrogens is 360 g/mol. The number of non-ortho nitro benzene ring substituents is 1. The Morgan fingerprint density at radius 3 is 2.32 bits per heavy atom. The van der Waals surface area contributed by atoms with Gasteiger partial charge in [-0.05, 0) is 29.3 Å². The molecule has 0 saturated heterocycles. The third-order valence-electron chi connectivity index (χ3n) is 4.00. The van der Waals surface area contributed by atoms with Gasteiger partial charge in [-0.25, -0.2) is 0 Å². The molecule has 142 valence electrons. The number of nitro groups is 1. The van der Waals surface area contributed by atoms with Crippen LogP contribution in [0.2, 0.25) is 0 Å². The zero-order chi connectivity index (χ0) is 19.9. The highest BCUT2D eigenvalue weighted by atomic mass is 16.6. The van der Waals surface area contributed by atoms with E-state index in [9.17, 15) is 14.9 Å². The maximum atomic E-state index is 12.2. The Kier molecular flexibility index (Phi) is 5.86. The van der Waals surface area contributed by atoms with Crippen molar-refractivity contribution in [3.63, 3.8) is 0 Å². The Labute approximate surface area is 161 Å². The molecule has 0 aliphatic heterocycles. The molecule has 1 N–H and O–H groups in total. The Bertz CT molecular complexity index is 972. The van der Waals surface area contributed by atoms with Gasteiger partial charge in [0.1, 0.15) is 11.5 Å². The molecule has 7 heteroatoms. The number of nitro benzene ring substituents is 1. The van der Waals surface area contributed by atoms with Crippen LogP contribution in [0.3, 0.4) is 0 Å². The van der Waals surface area contributed by atoms with Gasteiger partial charge in [0.25, 0.3) is 11.6 Å². The molecule has 0 aromatic heterocycles. The maximum Gasteiger partial charge on any atom is 0.271 e. The highest BCUT2D eigenvalue weighted by molar-refractivity contribution is 5.93. The summed E-state index contributed by atoms with van der Waals surface area (Å²) < 4.78 is 10.6. The van der Waals surface area contributed by atoms with E-state index < -0.39 is 10.8 Å². The second-order valence-electron chi connectivity index (χ2n) is 5.87. The minimum atomic E-state index is -0.542. The van der Waals surface area contributed by atoms with Crippen LogP contribution in [0.15, 0.2) is 72.8 Å². The van der Waals surface area contributed by atoms with Crippen molar-refractivity contribution in [3.05, 3.63) is 82.9 Å². The van der Waals surface area contributed by atoms with Gasteiger partial charge in [-0.2, -0.15) is 0 Å². The second-order valence-corrected chi connectivity index (χ2v) is 5.87. The second kappa shape index (κ2) is 8.68. The number of anilines is 1. The Morgan fingerprint density at radius 1 is 1.00 bits per heavy atom. The summed E-state index contributed by atoms with van der Waals surface area (Å²) in [6.45, 7) is -0.240. The molecule has 3 aromatic rings. The summed E-state index contributed by atoms with van der Waals surface area (Å²) >= 11 is 0. The number of benzene rings is 3. The van der Waals surface area contributed by atoms with Crippen molar-refractivity contribution >= 4 is 17.3 Å². The summed E-state index contributed by atoms with van der Waals surface area (Å²) in [7, 11) is 1.42. The highest BCUT2D eigenvalue weighted by Gasteiger charge is 2.14. The summed E-state index contributed by atoms with van der Waals surface area (Å²) in [6, 6.07) is 21.3. The van der Waals surface area contributed by atoms with E-state index in [-0.39, 0.29) is 18.0 Å². The lowest BCUT2D eigenvalue weighted by atomic mass is 10.1. The molecule has 0 heterocycles. The van der Waals surface area contributed by atoms with Gasteiger partial charge in [-0.15, -0.1) is 0 Å². The van der Waals surface area contributed by atoms with Crippen LogP contribution in [-0.4, -0.2) is 24.5 Å². The fourth-order valence-electron chi connectivity index (χ4n) is 2.62. The van der Waals surface area contributed by atoms with Crippen molar-refractivity contribution in [3.8, 4) is 22.6 Å². The molecule has 0 atom stereocenters. The number of hydrogen-bond acceptors (Lipinski definition) is 5. The number of nitrogens with one attached hydrogen (secondary N) is 1. The smallest absolute Gasteiger partial charge is 0.271 e. The fraction of sp³-hybridized carbons (Fsp3) is 0.0952. The minimum Gasteiger partial charge on any atom is -0.495 e. The molecule has 0 fully saturated rings. The molecule has 0 spiro atoms. The molecule has 3 rings (SSSR count). The Balaban J connectivity index is 1.62. The standard InChI is InChI=1S/C21H18N2O5/c1-27-20-12-9-17(23(25)26)13-19(20)22-21(24)14-28-18-10-7-16(8-11-18)15-5-3-2-4-6-15/h2-13H,14H2,1H3,(H,22,24). The molecule has 0 aliphatic carbocycles. The van der Waals surface area contributed by atoms with Crippen molar-refractivity contribution in [1.29, 1.82) is 0 Å². The average Bonchev–Trinajstić information content (AvgIpc) is 2.73. The summed E-state index contributed by atoms with van der Waals surface area (Å²) in [5, 5.41) is 13.5. The van der Waals surface area contributed by atoms with Gasteiger partial charge in [0.15, 0.2) is 6.61 Å². The van der Waals surface area contributed by atoms with Crippen molar-refractivity contribution in [1.82, 2.24) is 0 Å². The predicted octanol–water partition coefficient (Wildman–Crippen LogP) is 4.29. The number of carbonyl (C=O) groups is 1. The van der Waals surface area contributed by atoms with Crippen LogP contribution in [0.25, 0.3) is 11.1 Å². The van der Waals surface area contributed by atoms with Crippen LogP contribution in [0.4, 0.5) is 11.4 Å². The molecule has 0 radical (unpaired) electrons. The van der Waals surface area contributed by atoms with Crippen molar-refractivity contribution in [2.24, 2.45) is 0 Å². The monoisotopic (exact) mass is 378 g/mol. The van der Waals surface area contributed by atoms with Crippen LogP contribution < -0.4 is 14.8 Å². The minimum absolute atomic E-state index is 0.145. The third kappa shape index (κ3) is 4.64. The summed E-state index contributed by atoms with van der Waals surface area (Å²) in [5.74, 6) is 0.415. The normalized spacial score (nSPS) is 10.2. The van der Waals surface area contributed by atoms with Gasteiger partial charge in [0.2, 0.25) is 0 Å². The lowest BCUT2D eigenvalue weighted by Crippen LogP contribution is -2.20. The van der Waals surface area contributed by atoms with Crippen LogP contribution >= 0.6 is 0 Å². The average molecular weight is 378 g/mol. The van der Waals surface area contributed by atoms with Gasteiger partial charge in [-0.3, -0.25) is 14.9 Å². The molecule has 3 aromatic carbocycles. The van der Waals surface area contributed by atoms with Gasteiger partial charge in [-0.1, -0.05) is 42.5 Å². The van der Waals surface area contributed by atoms with E-state index in [1.165, 1.54) is 25.3 Å². The van der Waals surface area contributed by atoms with Crippen LogP contribution in [-0.2, 0) is 4.79 Å². The zero-order valence-electron chi connectivity index (χ0n) is 15.1. The number of rotatable bonds is 7. The number of carbonyl (C=O) groups excluding carboxylic acids is 1. The Hall–Kier alpha value is -3.87. The van der Waals surface area contributed by atoms with E-state index in [1.54, 1.807) is 12.1 Å². The molecular formula is C21H18N2O5. The molecule has 7 nitrogen and oxygen atoms in total. The SMILES string of the molecule is COc1ccc([N+](=O)[O-])cc1NC(=O)COc1ccc(-c2ccccc2)cc1. The first-order valence-electron chi connectivity index (χ1n) is 8.47. The molecule has 0 saturated carbocycles. The third-order valence-corrected chi connectivity index (χ3v) is 4.00. The molecule has 0 unspecified atom stereocenters. The number of hydrogen-bond donors (Lipinski definition) is 1. The number of ether oxygens (including phenoxy) is 2. The van der Waals surface area contributed by atoms with Crippen LogP contribution in [0, 0.1) is 10.1 Å². The van der Waals surface area contributed by atoms with E-state index in [1.807, 2.05) is 42.5 Å². The Morgan fingerprint density at radius 2 is 1.68 bits per heavy atom. The fourth-order valence-corrected chi connectivity index (χ4v) is 2.62.